The van der Waals surface area contributed by atoms with Crippen LogP contribution in [0.3, 0.4) is 0 Å². The Labute approximate surface area is 107 Å². The molecule has 0 spiro atoms. The summed E-state index contributed by atoms with van der Waals surface area (Å²) in [5, 5.41) is 0. The van der Waals surface area contributed by atoms with Gasteiger partial charge in [0.15, 0.2) is 0 Å². The van der Waals surface area contributed by atoms with Crippen LogP contribution in [-0.4, -0.2) is 12.6 Å². The van der Waals surface area contributed by atoms with Crippen molar-refractivity contribution < 1.29 is 9.53 Å². The van der Waals surface area contributed by atoms with Crippen LogP contribution in [0, 0.1) is 5.92 Å². The molecule has 102 valence electrons. The monoisotopic (exact) mass is 242 g/mol. The smallest absolute Gasteiger partial charge is 0.306 e. The molecule has 0 aliphatic carbocycles. The van der Waals surface area contributed by atoms with Crippen LogP contribution >= 0.6 is 0 Å². The number of hydrogen-bond acceptors (Lipinski definition) is 2. The number of ether oxygens (including phenoxy) is 1. The Kier molecular flexibility index (Phi) is 11.6. The summed E-state index contributed by atoms with van der Waals surface area (Å²) in [5.74, 6) is 0.505. The Morgan fingerprint density at radius 3 is 2.24 bits per heavy atom. The van der Waals surface area contributed by atoms with E-state index < -0.39 is 0 Å². The molecule has 1 unspecified atom stereocenters. The van der Waals surface area contributed by atoms with Gasteiger partial charge in [-0.3, -0.25) is 4.79 Å². The molecule has 0 amide bonds. The minimum atomic E-state index is -0.0228. The van der Waals surface area contributed by atoms with Crippen molar-refractivity contribution in [3.05, 3.63) is 0 Å². The van der Waals surface area contributed by atoms with E-state index in [2.05, 4.69) is 13.8 Å². The molecular weight excluding hydrogens is 212 g/mol. The molecule has 0 aromatic carbocycles. The third kappa shape index (κ3) is 10.3. The molecule has 0 radical (unpaired) electrons. The number of hydrogen-bond donors (Lipinski definition) is 0. The van der Waals surface area contributed by atoms with Gasteiger partial charge in [0.2, 0.25) is 0 Å². The molecule has 0 saturated heterocycles. The molecule has 0 aliphatic rings. The highest BCUT2D eigenvalue weighted by Crippen LogP contribution is 2.18. The zero-order valence-corrected chi connectivity index (χ0v) is 12.0. The molecule has 2 heteroatoms. The van der Waals surface area contributed by atoms with Crippen LogP contribution in [-0.2, 0) is 9.53 Å². The summed E-state index contributed by atoms with van der Waals surface area (Å²) < 4.78 is 4.99. The van der Waals surface area contributed by atoms with Gasteiger partial charge in [0, 0.05) is 6.42 Å². The summed E-state index contributed by atoms with van der Waals surface area (Å²) in [6.07, 6.45) is 10.9. The zero-order chi connectivity index (χ0) is 12.9. The van der Waals surface area contributed by atoms with E-state index >= 15 is 0 Å². The molecule has 1 atom stereocenters. The lowest BCUT2D eigenvalue weighted by Crippen LogP contribution is -2.11. The molecule has 0 rings (SSSR count). The van der Waals surface area contributed by atoms with Crippen LogP contribution in [0.15, 0.2) is 0 Å². The van der Waals surface area contributed by atoms with E-state index in [0.717, 1.165) is 6.42 Å². The lowest BCUT2D eigenvalue weighted by atomic mass is 9.95. The highest BCUT2D eigenvalue weighted by atomic mass is 16.5. The third-order valence-corrected chi connectivity index (χ3v) is 3.30. The van der Waals surface area contributed by atoms with Crippen molar-refractivity contribution in [2.24, 2.45) is 5.92 Å². The van der Waals surface area contributed by atoms with Crippen molar-refractivity contribution in [3.63, 3.8) is 0 Å². The van der Waals surface area contributed by atoms with Crippen molar-refractivity contribution in [2.45, 2.75) is 78.6 Å². The molecule has 0 fully saturated rings. The Balaban J connectivity index is 3.50. The average molecular weight is 242 g/mol. The molecule has 0 saturated carbocycles. The Bertz CT molecular complexity index is 178. The fourth-order valence-electron chi connectivity index (χ4n) is 2.12. The maximum atomic E-state index is 11.4. The van der Waals surface area contributed by atoms with Gasteiger partial charge < -0.3 is 4.74 Å². The van der Waals surface area contributed by atoms with Gasteiger partial charge in [-0.15, -0.1) is 0 Å². The van der Waals surface area contributed by atoms with Gasteiger partial charge in [0.25, 0.3) is 0 Å². The molecule has 17 heavy (non-hydrogen) atoms. The number of esters is 1. The number of carbonyl (C=O) groups is 1. The first-order valence-corrected chi connectivity index (χ1v) is 7.40. The van der Waals surface area contributed by atoms with Gasteiger partial charge in [-0.25, -0.2) is 0 Å². The average Bonchev–Trinajstić information content (AvgIpc) is 2.32. The lowest BCUT2D eigenvalue weighted by molar-refractivity contribution is -0.144. The molecule has 0 N–H and O–H groups in total. The van der Waals surface area contributed by atoms with E-state index in [0.29, 0.717) is 18.9 Å². The second-order valence-electron chi connectivity index (χ2n) is 4.84. The number of rotatable bonds is 11. The Morgan fingerprint density at radius 2 is 1.65 bits per heavy atom. The fraction of sp³-hybridized carbons (Fsp3) is 0.933. The van der Waals surface area contributed by atoms with Gasteiger partial charge in [-0.1, -0.05) is 58.8 Å². The maximum Gasteiger partial charge on any atom is 0.306 e. The second-order valence-corrected chi connectivity index (χ2v) is 4.84. The minimum Gasteiger partial charge on any atom is -0.466 e. The van der Waals surface area contributed by atoms with Crippen LogP contribution < -0.4 is 0 Å². The van der Waals surface area contributed by atoms with Gasteiger partial charge >= 0.3 is 5.97 Å². The van der Waals surface area contributed by atoms with Crippen molar-refractivity contribution in [2.75, 3.05) is 6.61 Å². The molecular formula is C15H30O2. The summed E-state index contributed by atoms with van der Waals surface area (Å²) in [4.78, 5) is 11.4. The summed E-state index contributed by atoms with van der Waals surface area (Å²) in [7, 11) is 0. The van der Waals surface area contributed by atoms with E-state index in [1.54, 1.807) is 0 Å². The van der Waals surface area contributed by atoms with Crippen molar-refractivity contribution in [3.8, 4) is 0 Å². The lowest BCUT2D eigenvalue weighted by Gasteiger charge is -2.13. The summed E-state index contributed by atoms with van der Waals surface area (Å²) >= 11 is 0. The highest BCUT2D eigenvalue weighted by molar-refractivity contribution is 5.69. The first-order valence-electron chi connectivity index (χ1n) is 7.40. The van der Waals surface area contributed by atoms with Crippen LogP contribution in [0.1, 0.15) is 78.6 Å². The van der Waals surface area contributed by atoms with Crippen molar-refractivity contribution in [1.82, 2.24) is 0 Å². The molecule has 0 aliphatic heterocycles. The van der Waals surface area contributed by atoms with Crippen LogP contribution in [0.5, 0.6) is 0 Å². The van der Waals surface area contributed by atoms with E-state index in [1.165, 1.54) is 44.9 Å². The van der Waals surface area contributed by atoms with Crippen molar-refractivity contribution >= 4 is 5.97 Å². The first kappa shape index (κ1) is 16.5. The van der Waals surface area contributed by atoms with E-state index in [9.17, 15) is 4.79 Å². The summed E-state index contributed by atoms with van der Waals surface area (Å²) in [5.41, 5.74) is 0. The predicted octanol–water partition coefficient (Wildman–Crippen LogP) is 4.72. The van der Waals surface area contributed by atoms with Gasteiger partial charge in [0.1, 0.15) is 0 Å². The van der Waals surface area contributed by atoms with Gasteiger partial charge in [-0.05, 0) is 19.3 Å². The Morgan fingerprint density at radius 1 is 1.00 bits per heavy atom. The van der Waals surface area contributed by atoms with E-state index in [-0.39, 0.29) is 5.97 Å². The largest absolute Gasteiger partial charge is 0.466 e. The molecule has 0 bridgehead atoms. The zero-order valence-electron chi connectivity index (χ0n) is 12.0. The van der Waals surface area contributed by atoms with Crippen molar-refractivity contribution in [1.29, 1.82) is 0 Å². The van der Waals surface area contributed by atoms with Crippen LogP contribution in [0.4, 0.5) is 0 Å². The summed E-state index contributed by atoms with van der Waals surface area (Å²) in [6.45, 7) is 6.78. The van der Waals surface area contributed by atoms with Gasteiger partial charge in [0.05, 0.1) is 6.61 Å². The van der Waals surface area contributed by atoms with Crippen LogP contribution in [0.25, 0.3) is 0 Å². The SMILES string of the molecule is CCCCCCCCC(CC)CC(=O)OCC. The number of carbonyl (C=O) groups excluding carboxylic acids is 1. The highest BCUT2D eigenvalue weighted by Gasteiger charge is 2.12. The van der Waals surface area contributed by atoms with Gasteiger partial charge in [-0.2, -0.15) is 0 Å². The second kappa shape index (κ2) is 11.9. The standard InChI is InChI=1S/C15H30O2/c1-4-7-8-9-10-11-12-14(5-2)13-15(16)17-6-3/h14H,4-13H2,1-3H3. The molecule has 0 aromatic rings. The van der Waals surface area contributed by atoms with E-state index in [4.69, 9.17) is 4.74 Å². The minimum absolute atomic E-state index is 0.0228. The fourth-order valence-corrected chi connectivity index (χ4v) is 2.12. The number of unbranched alkanes of at least 4 members (excludes halogenated alkanes) is 5. The molecule has 0 heterocycles. The topological polar surface area (TPSA) is 26.3 Å². The summed E-state index contributed by atoms with van der Waals surface area (Å²) in [6, 6.07) is 0. The molecule has 0 aromatic heterocycles. The van der Waals surface area contributed by atoms with E-state index in [1.807, 2.05) is 6.92 Å². The van der Waals surface area contributed by atoms with Crippen LogP contribution in [0.2, 0.25) is 0 Å². The Hall–Kier alpha value is -0.530. The predicted molar refractivity (Wildman–Crippen MR) is 73.0 cm³/mol. The maximum absolute atomic E-state index is 11.4. The normalized spacial score (nSPS) is 12.4. The quantitative estimate of drug-likeness (QED) is 0.387. The first-order chi connectivity index (χ1) is 8.24. The molecule has 2 nitrogen and oxygen atoms in total. The third-order valence-electron chi connectivity index (χ3n) is 3.30.